The summed E-state index contributed by atoms with van der Waals surface area (Å²) in [4.78, 5) is 24.2. The fourth-order valence-corrected chi connectivity index (χ4v) is 2.27. The van der Waals surface area contributed by atoms with Gasteiger partial charge in [-0.1, -0.05) is 12.1 Å². The molecule has 1 aliphatic rings. The summed E-state index contributed by atoms with van der Waals surface area (Å²) < 4.78 is 5.05. The summed E-state index contributed by atoms with van der Waals surface area (Å²) in [5, 5.41) is 8.75. The van der Waals surface area contributed by atoms with Crippen molar-refractivity contribution in [3.8, 4) is 5.75 Å². The molecule has 1 fully saturated rings. The number of nitrogens with two attached hydrogens (primary N) is 1. The molecule has 1 aromatic rings. The van der Waals surface area contributed by atoms with Gasteiger partial charge >= 0.3 is 5.97 Å². The van der Waals surface area contributed by atoms with Crippen LogP contribution in [0.2, 0.25) is 0 Å². The van der Waals surface area contributed by atoms with E-state index >= 15 is 0 Å². The van der Waals surface area contributed by atoms with Crippen molar-refractivity contribution < 1.29 is 19.4 Å². The number of carbonyl (C=O) groups is 2. The lowest BCUT2D eigenvalue weighted by atomic mass is 9.89. The van der Waals surface area contributed by atoms with E-state index in [-0.39, 0.29) is 12.5 Å². The average Bonchev–Trinajstić information content (AvgIpc) is 2.68. The molecule has 1 heterocycles. The van der Waals surface area contributed by atoms with Crippen LogP contribution in [0.25, 0.3) is 0 Å². The minimum absolute atomic E-state index is 0.312. The number of hydrogen-bond donors (Lipinski definition) is 2. The number of aliphatic carboxylic acids is 1. The lowest BCUT2D eigenvalue weighted by Gasteiger charge is -2.23. The molecule has 1 amide bonds. The highest BCUT2D eigenvalue weighted by atomic mass is 16.5. The molecule has 0 aliphatic carbocycles. The zero-order valence-corrected chi connectivity index (χ0v) is 10.6. The molecule has 19 heavy (non-hydrogen) atoms. The van der Waals surface area contributed by atoms with E-state index in [0.717, 1.165) is 0 Å². The number of likely N-dealkylation sites (tertiary alicyclic amines) is 1. The minimum Gasteiger partial charge on any atom is -0.497 e. The molecule has 1 atom stereocenters. The van der Waals surface area contributed by atoms with Crippen molar-refractivity contribution in [3.63, 3.8) is 0 Å². The maximum Gasteiger partial charge on any atom is 0.323 e. The van der Waals surface area contributed by atoms with Crippen LogP contribution >= 0.6 is 0 Å². The van der Waals surface area contributed by atoms with Crippen molar-refractivity contribution in [2.45, 2.75) is 12.0 Å². The molecule has 6 heteroatoms. The summed E-state index contributed by atoms with van der Waals surface area (Å²) in [6.45, 7) is 0.0433. The molecule has 6 nitrogen and oxygen atoms in total. The number of ether oxygens (including phenoxy) is 1. The van der Waals surface area contributed by atoms with E-state index in [4.69, 9.17) is 15.6 Å². The Morgan fingerprint density at radius 3 is 2.63 bits per heavy atom. The maximum absolute atomic E-state index is 12.2. The summed E-state index contributed by atoms with van der Waals surface area (Å²) in [5.41, 5.74) is 5.69. The number of methoxy groups -OCH3 is 1. The largest absolute Gasteiger partial charge is 0.497 e. The van der Waals surface area contributed by atoms with Gasteiger partial charge < -0.3 is 20.5 Å². The van der Waals surface area contributed by atoms with Crippen molar-refractivity contribution in [3.05, 3.63) is 29.8 Å². The number of amides is 1. The van der Waals surface area contributed by atoms with Crippen molar-refractivity contribution in [2.75, 3.05) is 20.2 Å². The van der Waals surface area contributed by atoms with E-state index in [9.17, 15) is 9.59 Å². The molecule has 2 rings (SSSR count). The Labute approximate surface area is 110 Å². The number of nitrogens with zero attached hydrogens (tertiary/aromatic N) is 1. The van der Waals surface area contributed by atoms with Crippen LogP contribution in [0, 0.1) is 0 Å². The molecule has 1 saturated heterocycles. The maximum atomic E-state index is 12.2. The van der Waals surface area contributed by atoms with E-state index in [1.165, 1.54) is 4.90 Å². The molecule has 0 radical (unpaired) electrons. The lowest BCUT2D eigenvalue weighted by Crippen LogP contribution is -2.46. The lowest BCUT2D eigenvalue weighted by molar-refractivity contribution is -0.144. The normalized spacial score (nSPS) is 22.6. The minimum atomic E-state index is -1.14. The third-order valence-electron chi connectivity index (χ3n) is 3.38. The molecular weight excluding hydrogens is 248 g/mol. The van der Waals surface area contributed by atoms with E-state index in [1.54, 1.807) is 31.4 Å². The zero-order valence-electron chi connectivity index (χ0n) is 10.6. The van der Waals surface area contributed by atoms with Crippen LogP contribution in [-0.2, 0) is 15.1 Å². The Morgan fingerprint density at radius 1 is 1.47 bits per heavy atom. The molecule has 1 unspecified atom stereocenters. The summed E-state index contributed by atoms with van der Waals surface area (Å²) in [7, 11) is 1.56. The van der Waals surface area contributed by atoms with Gasteiger partial charge in [0.2, 0.25) is 5.91 Å². The smallest absolute Gasteiger partial charge is 0.323 e. The first kappa shape index (κ1) is 13.4. The van der Waals surface area contributed by atoms with Crippen LogP contribution in [0.1, 0.15) is 12.0 Å². The average molecular weight is 264 g/mol. The van der Waals surface area contributed by atoms with Gasteiger partial charge in [-0.05, 0) is 24.1 Å². The van der Waals surface area contributed by atoms with Crippen LogP contribution in [0.15, 0.2) is 24.3 Å². The standard InChI is InChI=1S/C13H16N2O4/c1-19-10-4-2-9(3-5-10)13(14)6-7-15(12(13)18)8-11(16)17/h2-5H,6-8,14H2,1H3,(H,16,17). The van der Waals surface area contributed by atoms with Gasteiger partial charge in [0.1, 0.15) is 17.8 Å². The predicted octanol–water partition coefficient (Wildman–Crippen LogP) is 0.166. The monoisotopic (exact) mass is 264 g/mol. The third-order valence-corrected chi connectivity index (χ3v) is 3.38. The van der Waals surface area contributed by atoms with E-state index in [2.05, 4.69) is 0 Å². The quantitative estimate of drug-likeness (QED) is 0.808. The van der Waals surface area contributed by atoms with E-state index in [1.807, 2.05) is 0 Å². The Balaban J connectivity index is 2.23. The van der Waals surface area contributed by atoms with Crippen LogP contribution < -0.4 is 10.5 Å². The molecule has 0 aromatic heterocycles. The topological polar surface area (TPSA) is 92.9 Å². The van der Waals surface area contributed by atoms with Crippen molar-refractivity contribution in [2.24, 2.45) is 5.73 Å². The van der Waals surface area contributed by atoms with Gasteiger partial charge in [-0.15, -0.1) is 0 Å². The van der Waals surface area contributed by atoms with Crippen molar-refractivity contribution in [1.29, 1.82) is 0 Å². The molecule has 0 bridgehead atoms. The van der Waals surface area contributed by atoms with Gasteiger partial charge in [0, 0.05) is 6.54 Å². The summed E-state index contributed by atoms with van der Waals surface area (Å²) in [5.74, 6) is -0.701. The third kappa shape index (κ3) is 2.39. The van der Waals surface area contributed by atoms with Gasteiger partial charge in [0.05, 0.1) is 7.11 Å². The molecule has 1 aromatic carbocycles. The first-order valence-corrected chi connectivity index (χ1v) is 5.92. The Bertz CT molecular complexity index is 500. The number of carboxylic acids is 1. The first-order valence-electron chi connectivity index (χ1n) is 5.92. The van der Waals surface area contributed by atoms with Crippen molar-refractivity contribution in [1.82, 2.24) is 4.90 Å². The fourth-order valence-electron chi connectivity index (χ4n) is 2.27. The van der Waals surface area contributed by atoms with Crippen LogP contribution in [0.4, 0.5) is 0 Å². The second-order valence-corrected chi connectivity index (χ2v) is 4.57. The number of hydrogen-bond acceptors (Lipinski definition) is 4. The highest BCUT2D eigenvalue weighted by molar-refractivity contribution is 5.91. The molecule has 102 valence electrons. The highest BCUT2D eigenvalue weighted by Crippen LogP contribution is 2.31. The second kappa shape index (κ2) is 4.89. The van der Waals surface area contributed by atoms with Gasteiger partial charge in [0.25, 0.3) is 0 Å². The molecule has 1 aliphatic heterocycles. The molecule has 3 N–H and O–H groups in total. The molecule has 0 saturated carbocycles. The Hall–Kier alpha value is -2.08. The van der Waals surface area contributed by atoms with Crippen LogP contribution in [-0.4, -0.2) is 42.1 Å². The van der Waals surface area contributed by atoms with E-state index < -0.39 is 11.5 Å². The van der Waals surface area contributed by atoms with Crippen molar-refractivity contribution >= 4 is 11.9 Å². The molecular formula is C13H16N2O4. The number of benzene rings is 1. The number of rotatable bonds is 4. The van der Waals surface area contributed by atoms with Gasteiger partial charge in [0.15, 0.2) is 0 Å². The predicted molar refractivity (Wildman–Crippen MR) is 67.7 cm³/mol. The Kier molecular flexibility index (Phi) is 3.44. The fraction of sp³-hybridized carbons (Fsp3) is 0.385. The summed E-state index contributed by atoms with van der Waals surface area (Å²) in [6, 6.07) is 6.94. The summed E-state index contributed by atoms with van der Waals surface area (Å²) >= 11 is 0. The van der Waals surface area contributed by atoms with Gasteiger partial charge in [-0.3, -0.25) is 9.59 Å². The second-order valence-electron chi connectivity index (χ2n) is 4.57. The van der Waals surface area contributed by atoms with Crippen LogP contribution in [0.3, 0.4) is 0 Å². The zero-order chi connectivity index (χ0) is 14.0. The SMILES string of the molecule is COc1ccc(C2(N)CCN(CC(=O)O)C2=O)cc1. The first-order chi connectivity index (χ1) is 8.97. The number of carboxylic acid groups (broad SMARTS) is 1. The highest BCUT2D eigenvalue weighted by Gasteiger charge is 2.45. The summed E-state index contributed by atoms with van der Waals surface area (Å²) in [6.07, 6.45) is 0.408. The van der Waals surface area contributed by atoms with Gasteiger partial charge in [-0.2, -0.15) is 0 Å². The Morgan fingerprint density at radius 2 is 2.11 bits per heavy atom. The molecule has 0 spiro atoms. The number of carbonyl (C=O) groups excluding carboxylic acids is 1. The van der Waals surface area contributed by atoms with E-state index in [0.29, 0.717) is 24.3 Å². The van der Waals surface area contributed by atoms with Gasteiger partial charge in [-0.25, -0.2) is 0 Å². The van der Waals surface area contributed by atoms with Crippen LogP contribution in [0.5, 0.6) is 5.75 Å².